The molecule has 0 unspecified atom stereocenters. The molecule has 0 bridgehead atoms. The standard InChI is InChI=1S/C16H22ClN3.HI/c1-18-16(20-14-9-3-4-10-14)19-12-6-8-13-7-2-5-11-15(13)17;/h2-5,7,11,14H,6,8-10,12H2,1H3,(H2,18,19,20);1H. The van der Waals surface area contributed by atoms with Gasteiger partial charge in [-0.25, -0.2) is 0 Å². The minimum absolute atomic E-state index is 0. The fourth-order valence-electron chi connectivity index (χ4n) is 2.31. The molecular weight excluding hydrogens is 397 g/mol. The van der Waals surface area contributed by atoms with E-state index in [2.05, 4.69) is 33.8 Å². The lowest BCUT2D eigenvalue weighted by atomic mass is 10.1. The second-order valence-corrected chi connectivity index (χ2v) is 5.39. The zero-order valence-corrected chi connectivity index (χ0v) is 15.4. The number of guanidine groups is 1. The maximum atomic E-state index is 6.14. The average molecular weight is 420 g/mol. The molecular formula is C16H23ClIN3. The molecule has 0 heterocycles. The summed E-state index contributed by atoms with van der Waals surface area (Å²) in [6.07, 6.45) is 8.60. The van der Waals surface area contributed by atoms with Crippen molar-refractivity contribution < 1.29 is 0 Å². The molecule has 3 nitrogen and oxygen atoms in total. The van der Waals surface area contributed by atoms with Gasteiger partial charge in [-0.05, 0) is 37.3 Å². The lowest BCUT2D eigenvalue weighted by molar-refractivity contribution is 0.628. The number of aryl methyl sites for hydroxylation is 1. The van der Waals surface area contributed by atoms with Gasteiger partial charge in [0.1, 0.15) is 0 Å². The Bertz CT molecular complexity index is 480. The molecule has 1 aromatic rings. The van der Waals surface area contributed by atoms with Crippen molar-refractivity contribution in [2.24, 2.45) is 4.99 Å². The Balaban J connectivity index is 0.00000220. The maximum absolute atomic E-state index is 6.14. The van der Waals surface area contributed by atoms with Crippen molar-refractivity contribution in [1.82, 2.24) is 10.6 Å². The topological polar surface area (TPSA) is 36.4 Å². The van der Waals surface area contributed by atoms with E-state index < -0.39 is 0 Å². The van der Waals surface area contributed by atoms with Crippen molar-refractivity contribution in [1.29, 1.82) is 0 Å². The largest absolute Gasteiger partial charge is 0.356 e. The first-order chi connectivity index (χ1) is 9.79. The number of benzene rings is 1. The van der Waals surface area contributed by atoms with Crippen molar-refractivity contribution in [2.75, 3.05) is 13.6 Å². The number of hydrogen-bond acceptors (Lipinski definition) is 1. The summed E-state index contributed by atoms with van der Waals surface area (Å²) in [4.78, 5) is 4.25. The summed E-state index contributed by atoms with van der Waals surface area (Å²) in [6, 6.07) is 8.51. The summed E-state index contributed by atoms with van der Waals surface area (Å²) >= 11 is 6.14. The van der Waals surface area contributed by atoms with Gasteiger partial charge >= 0.3 is 0 Å². The minimum atomic E-state index is 0. The molecule has 2 rings (SSSR count). The van der Waals surface area contributed by atoms with Gasteiger partial charge in [0.15, 0.2) is 5.96 Å². The van der Waals surface area contributed by atoms with Crippen molar-refractivity contribution in [3.05, 3.63) is 47.0 Å². The zero-order valence-electron chi connectivity index (χ0n) is 12.3. The zero-order chi connectivity index (χ0) is 14.2. The van der Waals surface area contributed by atoms with Gasteiger partial charge in [0.2, 0.25) is 0 Å². The van der Waals surface area contributed by atoms with Crippen LogP contribution in [0.5, 0.6) is 0 Å². The summed E-state index contributed by atoms with van der Waals surface area (Å²) in [5.41, 5.74) is 1.21. The highest BCUT2D eigenvalue weighted by atomic mass is 127. The van der Waals surface area contributed by atoms with Crippen LogP contribution in [-0.2, 0) is 6.42 Å². The van der Waals surface area contributed by atoms with Gasteiger partial charge in [-0.2, -0.15) is 0 Å². The number of hydrogen-bond donors (Lipinski definition) is 2. The van der Waals surface area contributed by atoms with Gasteiger partial charge in [-0.1, -0.05) is 42.0 Å². The average Bonchev–Trinajstić information content (AvgIpc) is 2.97. The highest BCUT2D eigenvalue weighted by Crippen LogP contribution is 2.16. The van der Waals surface area contributed by atoms with Crippen molar-refractivity contribution in [2.45, 2.75) is 31.7 Å². The van der Waals surface area contributed by atoms with Crippen molar-refractivity contribution in [3.63, 3.8) is 0 Å². The number of nitrogens with zero attached hydrogens (tertiary/aromatic N) is 1. The molecule has 5 heteroatoms. The number of aliphatic imine (C=N–C) groups is 1. The molecule has 0 aromatic heterocycles. The molecule has 21 heavy (non-hydrogen) atoms. The van der Waals surface area contributed by atoms with E-state index in [0.717, 1.165) is 43.2 Å². The second-order valence-electron chi connectivity index (χ2n) is 4.98. The molecule has 0 amide bonds. The number of rotatable bonds is 5. The lowest BCUT2D eigenvalue weighted by Crippen LogP contribution is -2.42. The quantitative estimate of drug-likeness (QED) is 0.251. The van der Waals surface area contributed by atoms with Crippen molar-refractivity contribution >= 4 is 41.5 Å². The summed E-state index contributed by atoms with van der Waals surface area (Å²) in [5, 5.41) is 7.63. The van der Waals surface area contributed by atoms with E-state index in [1.807, 2.05) is 25.2 Å². The Morgan fingerprint density at radius 3 is 2.67 bits per heavy atom. The maximum Gasteiger partial charge on any atom is 0.191 e. The normalized spacial score (nSPS) is 14.9. The molecule has 0 aliphatic heterocycles. The second kappa shape index (κ2) is 10.1. The Hall–Kier alpha value is -0.750. The summed E-state index contributed by atoms with van der Waals surface area (Å²) in [6.45, 7) is 0.894. The van der Waals surface area contributed by atoms with E-state index in [-0.39, 0.29) is 24.0 Å². The lowest BCUT2D eigenvalue weighted by Gasteiger charge is -2.16. The first-order valence-electron chi connectivity index (χ1n) is 7.15. The van der Waals surface area contributed by atoms with Crippen LogP contribution in [0.2, 0.25) is 5.02 Å². The van der Waals surface area contributed by atoms with E-state index in [9.17, 15) is 0 Å². The summed E-state index contributed by atoms with van der Waals surface area (Å²) in [7, 11) is 1.81. The Kier molecular flexibility index (Phi) is 8.76. The van der Waals surface area contributed by atoms with Crippen LogP contribution in [0.15, 0.2) is 41.4 Å². The van der Waals surface area contributed by atoms with E-state index in [0.29, 0.717) is 6.04 Å². The van der Waals surface area contributed by atoms with Gasteiger partial charge in [-0.3, -0.25) is 4.99 Å². The molecule has 0 spiro atoms. The van der Waals surface area contributed by atoms with Crippen LogP contribution in [-0.4, -0.2) is 25.6 Å². The predicted molar refractivity (Wildman–Crippen MR) is 102 cm³/mol. The molecule has 1 aromatic carbocycles. The van der Waals surface area contributed by atoms with Crippen LogP contribution >= 0.6 is 35.6 Å². The van der Waals surface area contributed by atoms with E-state index >= 15 is 0 Å². The number of halogens is 2. The smallest absolute Gasteiger partial charge is 0.191 e. The summed E-state index contributed by atoms with van der Waals surface area (Å²) in [5.74, 6) is 0.887. The molecule has 0 atom stereocenters. The molecule has 2 N–H and O–H groups in total. The van der Waals surface area contributed by atoms with E-state index in [1.165, 1.54) is 5.56 Å². The number of nitrogens with one attached hydrogen (secondary N) is 2. The van der Waals surface area contributed by atoms with Gasteiger partial charge < -0.3 is 10.6 Å². The van der Waals surface area contributed by atoms with Gasteiger partial charge in [0.25, 0.3) is 0 Å². The Labute approximate surface area is 149 Å². The van der Waals surface area contributed by atoms with E-state index in [4.69, 9.17) is 11.6 Å². The highest BCUT2D eigenvalue weighted by molar-refractivity contribution is 14.0. The Morgan fingerprint density at radius 1 is 1.29 bits per heavy atom. The third-order valence-corrected chi connectivity index (χ3v) is 3.81. The molecule has 116 valence electrons. The Morgan fingerprint density at radius 2 is 2.00 bits per heavy atom. The van der Waals surface area contributed by atoms with Gasteiger partial charge in [-0.15, -0.1) is 24.0 Å². The highest BCUT2D eigenvalue weighted by Gasteiger charge is 2.11. The molecule has 0 fully saturated rings. The first-order valence-corrected chi connectivity index (χ1v) is 7.53. The van der Waals surface area contributed by atoms with Crippen LogP contribution in [0.25, 0.3) is 0 Å². The molecule has 1 aliphatic carbocycles. The first kappa shape index (κ1) is 18.3. The van der Waals surface area contributed by atoms with Crippen LogP contribution in [0, 0.1) is 0 Å². The van der Waals surface area contributed by atoms with Crippen LogP contribution in [0.1, 0.15) is 24.8 Å². The van der Waals surface area contributed by atoms with Crippen LogP contribution in [0.4, 0.5) is 0 Å². The third-order valence-electron chi connectivity index (χ3n) is 3.45. The SMILES string of the molecule is CN=C(NCCCc1ccccc1Cl)NC1CC=CC1.I. The van der Waals surface area contributed by atoms with E-state index in [1.54, 1.807) is 0 Å². The van der Waals surface area contributed by atoms with Crippen LogP contribution < -0.4 is 10.6 Å². The summed E-state index contributed by atoms with van der Waals surface area (Å²) < 4.78 is 0. The third kappa shape index (κ3) is 6.26. The molecule has 0 saturated carbocycles. The molecule has 0 radical (unpaired) electrons. The molecule has 1 aliphatic rings. The monoisotopic (exact) mass is 419 g/mol. The fraction of sp³-hybridized carbons (Fsp3) is 0.438. The van der Waals surface area contributed by atoms with Gasteiger partial charge in [0.05, 0.1) is 0 Å². The fourth-order valence-corrected chi connectivity index (χ4v) is 2.54. The van der Waals surface area contributed by atoms with Crippen molar-refractivity contribution in [3.8, 4) is 0 Å². The minimum Gasteiger partial charge on any atom is -0.356 e. The molecule has 0 saturated heterocycles. The van der Waals surface area contributed by atoms with Crippen LogP contribution in [0.3, 0.4) is 0 Å². The predicted octanol–water partition coefficient (Wildman–Crippen LogP) is 3.77. The van der Waals surface area contributed by atoms with Gasteiger partial charge in [0, 0.05) is 24.7 Å².